The van der Waals surface area contributed by atoms with Crippen LogP contribution in [-0.4, -0.2) is 34.7 Å². The number of rotatable bonds is 8. The number of hydrogen-bond donors (Lipinski definition) is 1. The molecule has 148 valence electrons. The zero-order valence-corrected chi connectivity index (χ0v) is 18.7. The molecule has 0 amide bonds. The van der Waals surface area contributed by atoms with E-state index in [0.717, 1.165) is 16.5 Å². The molecule has 0 fully saturated rings. The highest BCUT2D eigenvalue weighted by Gasteiger charge is 2.23. The number of carboxylic acids is 1. The summed E-state index contributed by atoms with van der Waals surface area (Å²) in [7, 11) is 0. The normalized spacial score (nSPS) is 19.6. The average Bonchev–Trinajstić information content (AvgIpc) is 2.65. The first-order valence-corrected chi connectivity index (χ1v) is 10.5. The van der Waals surface area contributed by atoms with Gasteiger partial charge in [-0.05, 0) is 41.3 Å². The van der Waals surface area contributed by atoms with Crippen LogP contribution in [0.1, 0.15) is 18.9 Å². The highest BCUT2D eigenvalue weighted by atomic mass is 79.9. The predicted octanol–water partition coefficient (Wildman–Crippen LogP) is 5.03. The Morgan fingerprint density at radius 2 is 2.14 bits per heavy atom. The number of ether oxygens (including phenoxy) is 2. The van der Waals surface area contributed by atoms with Crippen molar-refractivity contribution in [2.24, 2.45) is 0 Å². The van der Waals surface area contributed by atoms with Crippen LogP contribution in [0.25, 0.3) is 0 Å². The minimum atomic E-state index is -0.953. The van der Waals surface area contributed by atoms with Gasteiger partial charge in [0.05, 0.1) is 0 Å². The van der Waals surface area contributed by atoms with E-state index in [2.05, 4.69) is 43.7 Å². The molecule has 0 heterocycles. The number of allylic oxidation sites excluding steroid dienone is 5. The molecule has 1 aromatic rings. The molecular formula is C22H22Br2O4. The van der Waals surface area contributed by atoms with Crippen molar-refractivity contribution in [1.29, 1.82) is 0 Å². The molecule has 0 saturated carbocycles. The molecule has 1 N–H and O–H groups in total. The van der Waals surface area contributed by atoms with E-state index in [4.69, 9.17) is 14.6 Å². The summed E-state index contributed by atoms with van der Waals surface area (Å²) in [5.74, 6) is 5.97. The van der Waals surface area contributed by atoms with Gasteiger partial charge in [-0.2, -0.15) is 0 Å². The second kappa shape index (κ2) is 11.3. The molecule has 1 aliphatic rings. The van der Waals surface area contributed by atoms with Gasteiger partial charge in [0.1, 0.15) is 16.7 Å². The van der Waals surface area contributed by atoms with Crippen LogP contribution in [0.5, 0.6) is 5.75 Å². The lowest BCUT2D eigenvalue weighted by molar-refractivity contribution is -0.149. The molecule has 0 bridgehead atoms. The molecule has 28 heavy (non-hydrogen) atoms. The van der Waals surface area contributed by atoms with Crippen molar-refractivity contribution in [2.45, 2.75) is 30.2 Å². The van der Waals surface area contributed by atoms with Gasteiger partial charge in [0.2, 0.25) is 0 Å². The first-order valence-electron chi connectivity index (χ1n) is 8.88. The number of aliphatic carboxylic acids is 1. The Morgan fingerprint density at radius 3 is 2.79 bits per heavy atom. The average molecular weight is 510 g/mol. The number of hydrogen-bond acceptors (Lipinski definition) is 3. The number of halogens is 2. The van der Waals surface area contributed by atoms with Crippen LogP contribution in [0.4, 0.5) is 0 Å². The van der Waals surface area contributed by atoms with E-state index < -0.39 is 12.1 Å². The summed E-state index contributed by atoms with van der Waals surface area (Å²) in [6, 6.07) is 7.35. The molecule has 4 nitrogen and oxygen atoms in total. The van der Waals surface area contributed by atoms with E-state index in [-0.39, 0.29) is 4.32 Å². The summed E-state index contributed by atoms with van der Waals surface area (Å²) in [4.78, 5) is 11.1. The lowest BCUT2D eigenvalue weighted by atomic mass is 10.0. The zero-order chi connectivity index (χ0) is 20.4. The van der Waals surface area contributed by atoms with E-state index in [0.29, 0.717) is 25.4 Å². The Hall–Kier alpha value is -1.81. The monoisotopic (exact) mass is 508 g/mol. The maximum absolute atomic E-state index is 11.1. The maximum Gasteiger partial charge on any atom is 0.333 e. The third kappa shape index (κ3) is 7.67. The number of carbonyl (C=O) groups is 1. The quantitative estimate of drug-likeness (QED) is 0.394. The van der Waals surface area contributed by atoms with Crippen molar-refractivity contribution in [2.75, 3.05) is 13.2 Å². The van der Waals surface area contributed by atoms with Crippen LogP contribution in [0.2, 0.25) is 0 Å². The Kier molecular flexibility index (Phi) is 9.04. The van der Waals surface area contributed by atoms with Gasteiger partial charge in [-0.25, -0.2) is 4.79 Å². The van der Waals surface area contributed by atoms with Gasteiger partial charge in [0.15, 0.2) is 6.10 Å². The second-order valence-electron chi connectivity index (χ2n) is 6.12. The fourth-order valence-corrected chi connectivity index (χ4v) is 4.06. The molecule has 0 radical (unpaired) electrons. The molecule has 1 aliphatic carbocycles. The zero-order valence-electron chi connectivity index (χ0n) is 15.5. The lowest BCUT2D eigenvalue weighted by Gasteiger charge is -2.19. The van der Waals surface area contributed by atoms with Crippen molar-refractivity contribution in [3.63, 3.8) is 0 Å². The van der Waals surface area contributed by atoms with Gasteiger partial charge in [0, 0.05) is 19.4 Å². The number of benzene rings is 1. The SMILES string of the molecule is CCO[C@@H](Cc1ccc(OC/C=C\C#CC2(Br)C=CC=C(Br)C2)cc1)C(=O)O. The van der Waals surface area contributed by atoms with Crippen LogP contribution in [0.3, 0.4) is 0 Å². The summed E-state index contributed by atoms with van der Waals surface area (Å²) in [6.07, 6.45) is 9.92. The van der Waals surface area contributed by atoms with Gasteiger partial charge in [0.25, 0.3) is 0 Å². The van der Waals surface area contributed by atoms with E-state index >= 15 is 0 Å². The molecule has 0 spiro atoms. The standard InChI is InChI=1S/C22H22Br2O4/c1-2-27-20(21(25)26)15-17-8-10-19(11-9-17)28-14-5-3-4-12-22(24)13-6-7-18(23)16-22/h3,5-11,13,20H,2,14-16H2,1H3,(H,25,26)/b5-3-/t20-,22?/m0/s1. The van der Waals surface area contributed by atoms with Gasteiger partial charge in [-0.3, -0.25) is 0 Å². The van der Waals surface area contributed by atoms with Crippen LogP contribution in [0, 0.1) is 11.8 Å². The lowest BCUT2D eigenvalue weighted by Crippen LogP contribution is -2.26. The highest BCUT2D eigenvalue weighted by Crippen LogP contribution is 2.33. The number of carboxylic acid groups (broad SMARTS) is 1. The molecule has 2 rings (SSSR count). The fraction of sp³-hybridized carbons (Fsp3) is 0.318. The minimum Gasteiger partial charge on any atom is -0.490 e. The molecular weight excluding hydrogens is 488 g/mol. The topological polar surface area (TPSA) is 55.8 Å². The highest BCUT2D eigenvalue weighted by molar-refractivity contribution is 9.12. The molecule has 6 heteroatoms. The van der Waals surface area contributed by atoms with Crippen molar-refractivity contribution in [3.05, 3.63) is 64.7 Å². The third-order valence-corrected chi connectivity index (χ3v) is 5.17. The van der Waals surface area contributed by atoms with E-state index in [9.17, 15) is 4.79 Å². The van der Waals surface area contributed by atoms with Gasteiger partial charge in [-0.15, -0.1) is 0 Å². The van der Waals surface area contributed by atoms with E-state index in [1.807, 2.05) is 48.6 Å². The van der Waals surface area contributed by atoms with Gasteiger partial charge >= 0.3 is 5.97 Å². The Balaban J connectivity index is 1.80. The first kappa shape index (κ1) is 22.5. The van der Waals surface area contributed by atoms with Crippen molar-refractivity contribution in [1.82, 2.24) is 0 Å². The Labute approximate surface area is 182 Å². The Morgan fingerprint density at radius 1 is 1.39 bits per heavy atom. The second-order valence-corrected chi connectivity index (χ2v) is 8.56. The summed E-state index contributed by atoms with van der Waals surface area (Å²) in [5, 5.41) is 9.14. The van der Waals surface area contributed by atoms with Crippen LogP contribution in [-0.2, 0) is 16.0 Å². The third-order valence-electron chi connectivity index (χ3n) is 3.88. The molecule has 0 saturated heterocycles. The van der Waals surface area contributed by atoms with E-state index in [1.165, 1.54) is 0 Å². The molecule has 1 aromatic carbocycles. The van der Waals surface area contributed by atoms with Crippen molar-refractivity contribution in [3.8, 4) is 17.6 Å². The fourth-order valence-electron chi connectivity index (χ4n) is 2.52. The van der Waals surface area contributed by atoms with Crippen LogP contribution in [0.15, 0.2) is 59.1 Å². The minimum absolute atomic E-state index is 0.326. The van der Waals surface area contributed by atoms with Crippen molar-refractivity contribution >= 4 is 37.8 Å². The summed E-state index contributed by atoms with van der Waals surface area (Å²) < 4.78 is 11.6. The van der Waals surface area contributed by atoms with Gasteiger partial charge < -0.3 is 14.6 Å². The first-order chi connectivity index (χ1) is 13.4. The number of alkyl halides is 1. The van der Waals surface area contributed by atoms with Crippen LogP contribution < -0.4 is 4.74 Å². The summed E-state index contributed by atoms with van der Waals surface area (Å²) >= 11 is 7.14. The molecule has 2 atom stereocenters. The molecule has 1 unspecified atom stereocenters. The molecule has 0 aromatic heterocycles. The van der Waals surface area contributed by atoms with Crippen LogP contribution >= 0.6 is 31.9 Å². The molecule has 0 aliphatic heterocycles. The summed E-state index contributed by atoms with van der Waals surface area (Å²) in [5.41, 5.74) is 0.887. The Bertz CT molecular complexity index is 815. The predicted molar refractivity (Wildman–Crippen MR) is 118 cm³/mol. The maximum atomic E-state index is 11.1. The summed E-state index contributed by atoms with van der Waals surface area (Å²) in [6.45, 7) is 2.55. The smallest absolute Gasteiger partial charge is 0.333 e. The van der Waals surface area contributed by atoms with Gasteiger partial charge in [-0.1, -0.05) is 74.1 Å². The van der Waals surface area contributed by atoms with E-state index in [1.54, 1.807) is 13.0 Å². The largest absolute Gasteiger partial charge is 0.490 e. The van der Waals surface area contributed by atoms with Crippen molar-refractivity contribution < 1.29 is 19.4 Å².